The molecule has 0 amide bonds. The average molecular weight is 246 g/mol. The van der Waals surface area contributed by atoms with E-state index in [2.05, 4.69) is 12.1 Å². The molecule has 1 fully saturated rings. The lowest BCUT2D eigenvalue weighted by atomic mass is 9.95. The molecule has 1 aromatic carbocycles. The zero-order valence-electron chi connectivity index (χ0n) is 10.2. The van der Waals surface area contributed by atoms with Gasteiger partial charge >= 0.3 is 0 Å². The van der Waals surface area contributed by atoms with Gasteiger partial charge in [-0.3, -0.25) is 0 Å². The van der Waals surface area contributed by atoms with Crippen molar-refractivity contribution in [2.45, 2.75) is 25.7 Å². The molecule has 1 aliphatic rings. The van der Waals surface area contributed by atoms with Gasteiger partial charge in [0.1, 0.15) is 5.82 Å². The molecule has 94 valence electrons. The van der Waals surface area contributed by atoms with Crippen molar-refractivity contribution in [3.63, 3.8) is 0 Å². The lowest BCUT2D eigenvalue weighted by molar-refractivity contribution is 0.417. The van der Waals surface area contributed by atoms with Gasteiger partial charge in [-0.05, 0) is 36.5 Å². The summed E-state index contributed by atoms with van der Waals surface area (Å²) in [5.74, 6) is 0.951. The molecule has 1 heterocycles. The van der Waals surface area contributed by atoms with Gasteiger partial charge in [-0.1, -0.05) is 24.2 Å². The Morgan fingerprint density at radius 3 is 2.89 bits per heavy atom. The average Bonchev–Trinajstić information content (AvgIpc) is 3.12. The van der Waals surface area contributed by atoms with Crippen molar-refractivity contribution in [2.75, 3.05) is 5.73 Å². The Morgan fingerprint density at radius 2 is 2.22 bits per heavy atom. The van der Waals surface area contributed by atoms with Crippen LogP contribution in [0.3, 0.4) is 0 Å². The number of anilines is 1. The molecule has 2 aromatic rings. The maximum Gasteiger partial charge on any atom is 0.230 e. The summed E-state index contributed by atoms with van der Waals surface area (Å²) in [7, 11) is 0. The third kappa shape index (κ3) is 1.88. The SMILES string of the molecule is CC(c1noc(N)c1-c1cccc(F)c1)C1CC1. The van der Waals surface area contributed by atoms with E-state index < -0.39 is 0 Å². The Kier molecular flexibility index (Phi) is 2.58. The predicted octanol–water partition coefficient (Wildman–Crippen LogP) is 3.58. The van der Waals surface area contributed by atoms with Crippen LogP contribution < -0.4 is 5.73 Å². The number of aromatic nitrogens is 1. The van der Waals surface area contributed by atoms with E-state index in [1.54, 1.807) is 6.07 Å². The Hall–Kier alpha value is -1.84. The summed E-state index contributed by atoms with van der Waals surface area (Å²) in [6, 6.07) is 6.38. The fourth-order valence-electron chi connectivity index (χ4n) is 2.38. The number of rotatable bonds is 3. The molecule has 0 saturated heterocycles. The van der Waals surface area contributed by atoms with E-state index in [4.69, 9.17) is 10.3 Å². The predicted molar refractivity (Wildman–Crippen MR) is 67.4 cm³/mol. The van der Waals surface area contributed by atoms with Crippen LogP contribution in [0.4, 0.5) is 10.3 Å². The van der Waals surface area contributed by atoms with Gasteiger partial charge in [-0.15, -0.1) is 0 Å². The Bertz CT molecular complexity index is 575. The summed E-state index contributed by atoms with van der Waals surface area (Å²) in [5.41, 5.74) is 8.15. The van der Waals surface area contributed by atoms with Crippen molar-refractivity contribution >= 4 is 5.88 Å². The summed E-state index contributed by atoms with van der Waals surface area (Å²) in [6.45, 7) is 2.12. The molecule has 18 heavy (non-hydrogen) atoms. The zero-order chi connectivity index (χ0) is 12.7. The van der Waals surface area contributed by atoms with Crippen LogP contribution in [-0.4, -0.2) is 5.16 Å². The van der Waals surface area contributed by atoms with Crippen molar-refractivity contribution in [1.82, 2.24) is 5.16 Å². The number of hydrogen-bond donors (Lipinski definition) is 1. The van der Waals surface area contributed by atoms with Crippen molar-refractivity contribution in [2.24, 2.45) is 5.92 Å². The van der Waals surface area contributed by atoms with Crippen LogP contribution in [0.5, 0.6) is 0 Å². The van der Waals surface area contributed by atoms with Gasteiger partial charge in [-0.25, -0.2) is 4.39 Å². The highest BCUT2D eigenvalue weighted by Gasteiger charge is 2.33. The molecule has 1 aromatic heterocycles. The molecule has 0 spiro atoms. The smallest absolute Gasteiger partial charge is 0.230 e. The molecule has 4 heteroatoms. The summed E-state index contributed by atoms with van der Waals surface area (Å²) in [5, 5.41) is 4.06. The minimum absolute atomic E-state index is 0.267. The molecule has 1 atom stereocenters. The van der Waals surface area contributed by atoms with Gasteiger partial charge in [0.2, 0.25) is 5.88 Å². The lowest BCUT2D eigenvalue weighted by Crippen LogP contribution is -1.99. The number of nitrogens with zero attached hydrogens (tertiary/aromatic N) is 1. The van der Waals surface area contributed by atoms with Crippen LogP contribution in [0.2, 0.25) is 0 Å². The molecule has 3 nitrogen and oxygen atoms in total. The first-order valence-electron chi connectivity index (χ1n) is 6.18. The van der Waals surface area contributed by atoms with Crippen molar-refractivity contribution in [3.05, 3.63) is 35.8 Å². The number of nitrogens with two attached hydrogens (primary N) is 1. The first kappa shape index (κ1) is 11.3. The molecule has 2 N–H and O–H groups in total. The van der Waals surface area contributed by atoms with Crippen molar-refractivity contribution < 1.29 is 8.91 Å². The molecular weight excluding hydrogens is 231 g/mol. The topological polar surface area (TPSA) is 52.0 Å². The van der Waals surface area contributed by atoms with E-state index in [0.717, 1.165) is 16.8 Å². The highest BCUT2D eigenvalue weighted by molar-refractivity contribution is 5.75. The van der Waals surface area contributed by atoms with Crippen LogP contribution >= 0.6 is 0 Å². The molecule has 3 rings (SSSR count). The number of hydrogen-bond acceptors (Lipinski definition) is 3. The molecule has 1 unspecified atom stereocenters. The summed E-state index contributed by atoms with van der Waals surface area (Å²) in [6.07, 6.45) is 2.44. The molecule has 0 radical (unpaired) electrons. The monoisotopic (exact) mass is 246 g/mol. The van der Waals surface area contributed by atoms with Crippen molar-refractivity contribution in [1.29, 1.82) is 0 Å². The van der Waals surface area contributed by atoms with E-state index in [1.165, 1.54) is 25.0 Å². The van der Waals surface area contributed by atoms with Gasteiger partial charge in [0, 0.05) is 5.92 Å². The largest absolute Gasteiger partial charge is 0.367 e. The van der Waals surface area contributed by atoms with Crippen molar-refractivity contribution in [3.8, 4) is 11.1 Å². The number of benzene rings is 1. The molecule has 1 saturated carbocycles. The van der Waals surface area contributed by atoms with E-state index in [1.807, 2.05) is 6.07 Å². The first-order chi connectivity index (χ1) is 8.66. The Labute approximate surface area is 105 Å². The Morgan fingerprint density at radius 1 is 1.44 bits per heavy atom. The highest BCUT2D eigenvalue weighted by Crippen LogP contribution is 2.45. The molecular formula is C14H15FN2O. The second kappa shape index (κ2) is 4.12. The summed E-state index contributed by atoms with van der Waals surface area (Å²) >= 11 is 0. The zero-order valence-corrected chi connectivity index (χ0v) is 10.2. The first-order valence-corrected chi connectivity index (χ1v) is 6.18. The lowest BCUT2D eigenvalue weighted by Gasteiger charge is -2.09. The van der Waals surface area contributed by atoms with Crippen LogP contribution in [0.15, 0.2) is 28.8 Å². The van der Waals surface area contributed by atoms with Crippen LogP contribution in [-0.2, 0) is 0 Å². The summed E-state index contributed by atoms with van der Waals surface area (Å²) in [4.78, 5) is 0. The quantitative estimate of drug-likeness (QED) is 0.900. The normalized spacial score (nSPS) is 16.8. The van der Waals surface area contributed by atoms with Gasteiger partial charge in [-0.2, -0.15) is 0 Å². The van der Waals surface area contributed by atoms with Gasteiger partial charge in [0.05, 0.1) is 11.3 Å². The fourth-order valence-corrected chi connectivity index (χ4v) is 2.38. The van der Waals surface area contributed by atoms with Gasteiger partial charge in [0.15, 0.2) is 0 Å². The second-order valence-corrected chi connectivity index (χ2v) is 4.94. The molecule has 1 aliphatic carbocycles. The number of halogens is 1. The minimum Gasteiger partial charge on any atom is -0.367 e. The standard InChI is InChI=1S/C14H15FN2O/c1-8(9-5-6-9)13-12(14(16)18-17-13)10-3-2-4-11(15)7-10/h2-4,7-9H,5-6,16H2,1H3. The van der Waals surface area contributed by atoms with Crippen LogP contribution in [0, 0.1) is 11.7 Å². The molecule has 0 bridgehead atoms. The van der Waals surface area contributed by atoms with E-state index in [0.29, 0.717) is 11.8 Å². The maximum absolute atomic E-state index is 13.3. The van der Waals surface area contributed by atoms with Crippen LogP contribution in [0.25, 0.3) is 11.1 Å². The second-order valence-electron chi connectivity index (χ2n) is 4.94. The fraction of sp³-hybridized carbons (Fsp3) is 0.357. The minimum atomic E-state index is -0.280. The third-order valence-corrected chi connectivity index (χ3v) is 3.62. The van der Waals surface area contributed by atoms with Gasteiger partial charge < -0.3 is 10.3 Å². The van der Waals surface area contributed by atoms with Gasteiger partial charge in [0.25, 0.3) is 0 Å². The van der Waals surface area contributed by atoms with Crippen LogP contribution in [0.1, 0.15) is 31.4 Å². The Balaban J connectivity index is 2.07. The number of nitrogen functional groups attached to an aromatic ring is 1. The third-order valence-electron chi connectivity index (χ3n) is 3.62. The maximum atomic E-state index is 13.3. The molecule has 0 aliphatic heterocycles. The van der Waals surface area contributed by atoms with E-state index in [9.17, 15) is 4.39 Å². The summed E-state index contributed by atoms with van der Waals surface area (Å²) < 4.78 is 18.4. The van der Waals surface area contributed by atoms with E-state index >= 15 is 0 Å². The highest BCUT2D eigenvalue weighted by atomic mass is 19.1. The van der Waals surface area contributed by atoms with E-state index in [-0.39, 0.29) is 11.7 Å².